The molecule has 3 heteroatoms. The Hall–Kier alpha value is -0.830. The van der Waals surface area contributed by atoms with Crippen LogP contribution in [0.2, 0.25) is 0 Å². The summed E-state index contributed by atoms with van der Waals surface area (Å²) >= 11 is 0. The highest BCUT2D eigenvalue weighted by atomic mass is 16.5. The van der Waals surface area contributed by atoms with Crippen LogP contribution in [-0.2, 0) is 6.61 Å². The molecule has 0 saturated heterocycles. The molecule has 0 aliphatic carbocycles. The smallest absolute Gasteiger partial charge is 0.162 e. The third-order valence-corrected chi connectivity index (χ3v) is 0.597. The van der Waals surface area contributed by atoms with Crippen molar-refractivity contribution in [1.29, 1.82) is 0 Å². The van der Waals surface area contributed by atoms with Gasteiger partial charge >= 0.3 is 0 Å². The molecule has 1 aromatic rings. The molecule has 37 valence electrons. The van der Waals surface area contributed by atoms with E-state index in [9.17, 15) is 0 Å². The van der Waals surface area contributed by atoms with Crippen molar-refractivity contribution in [2.75, 3.05) is 0 Å². The predicted octanol–water partition coefficient (Wildman–Crippen LogP) is -0.0329. The molecule has 0 unspecified atom stereocenters. The summed E-state index contributed by atoms with van der Waals surface area (Å²) in [6, 6.07) is 1.49. The fraction of sp³-hybridized carbons (Fsp3) is 0.250. The van der Waals surface area contributed by atoms with Crippen molar-refractivity contribution in [1.82, 2.24) is 5.16 Å². The minimum absolute atomic E-state index is 0.101. The average Bonchev–Trinajstić information content (AvgIpc) is 2.14. The summed E-state index contributed by atoms with van der Waals surface area (Å²) in [5.74, 6) is 0.444. The highest BCUT2D eigenvalue weighted by Crippen LogP contribution is 1.91. The van der Waals surface area contributed by atoms with Gasteiger partial charge in [0, 0.05) is 6.07 Å². The molecular weight excluding hydrogens is 94.0 g/mol. The van der Waals surface area contributed by atoms with Crippen molar-refractivity contribution in [3.63, 3.8) is 0 Å². The lowest BCUT2D eigenvalue weighted by Crippen LogP contribution is -1.72. The number of aliphatic hydroxyl groups excluding tert-OH is 1. The average molecular weight is 98.1 g/mol. The van der Waals surface area contributed by atoms with E-state index in [1.54, 1.807) is 0 Å². The van der Waals surface area contributed by atoms with Crippen LogP contribution in [0.15, 0.2) is 10.6 Å². The first-order valence-corrected chi connectivity index (χ1v) is 1.86. The zero-order valence-corrected chi connectivity index (χ0v) is 3.59. The molecule has 7 heavy (non-hydrogen) atoms. The number of aliphatic hydroxyl groups is 1. The van der Waals surface area contributed by atoms with E-state index in [0.29, 0.717) is 5.76 Å². The van der Waals surface area contributed by atoms with Gasteiger partial charge in [0.1, 0.15) is 12.8 Å². The SMILES string of the molecule is OCc1c[c]no1. The lowest BCUT2D eigenvalue weighted by atomic mass is 10.5. The lowest BCUT2D eigenvalue weighted by molar-refractivity contribution is 0.229. The number of aromatic nitrogens is 1. The highest BCUT2D eigenvalue weighted by molar-refractivity contribution is 4.87. The molecule has 1 aromatic heterocycles. The highest BCUT2D eigenvalue weighted by Gasteiger charge is 1.88. The molecule has 1 rings (SSSR count). The molecule has 0 fully saturated rings. The maximum Gasteiger partial charge on any atom is 0.162 e. The van der Waals surface area contributed by atoms with E-state index < -0.39 is 0 Å². The van der Waals surface area contributed by atoms with Crippen LogP contribution in [-0.4, -0.2) is 10.3 Å². The molecule has 0 atom stereocenters. The topological polar surface area (TPSA) is 46.3 Å². The lowest BCUT2D eigenvalue weighted by Gasteiger charge is -1.76. The molecule has 0 spiro atoms. The standard InChI is InChI=1S/C4H4NO2/c6-3-4-1-2-5-7-4/h1,6H,3H2. The van der Waals surface area contributed by atoms with E-state index in [4.69, 9.17) is 5.11 Å². The second-order valence-corrected chi connectivity index (χ2v) is 1.08. The number of rotatable bonds is 1. The third kappa shape index (κ3) is 0.778. The van der Waals surface area contributed by atoms with Crippen LogP contribution in [0.1, 0.15) is 5.76 Å². The molecule has 1 N–H and O–H groups in total. The molecule has 1 heterocycles. The van der Waals surface area contributed by atoms with Crippen LogP contribution >= 0.6 is 0 Å². The van der Waals surface area contributed by atoms with Crippen molar-refractivity contribution in [2.45, 2.75) is 6.61 Å². The van der Waals surface area contributed by atoms with E-state index in [1.165, 1.54) is 6.07 Å². The minimum atomic E-state index is -0.101. The fourth-order valence-electron chi connectivity index (χ4n) is 0.284. The molecule has 0 aliphatic heterocycles. The second kappa shape index (κ2) is 1.75. The van der Waals surface area contributed by atoms with Gasteiger partial charge < -0.3 is 9.63 Å². The molecule has 0 amide bonds. The van der Waals surface area contributed by atoms with Crippen LogP contribution < -0.4 is 0 Å². The van der Waals surface area contributed by atoms with Gasteiger partial charge in [-0.15, -0.1) is 0 Å². The molecule has 3 nitrogen and oxygen atoms in total. The first-order valence-electron chi connectivity index (χ1n) is 1.86. The molecular formula is C4H4NO2. The summed E-state index contributed by atoms with van der Waals surface area (Å²) in [5.41, 5.74) is 0. The zero-order chi connectivity index (χ0) is 5.11. The van der Waals surface area contributed by atoms with Crippen LogP contribution in [0.5, 0.6) is 0 Å². The van der Waals surface area contributed by atoms with Gasteiger partial charge in [-0.2, -0.15) is 0 Å². The monoisotopic (exact) mass is 98.0 g/mol. The molecule has 0 aromatic carbocycles. The fourth-order valence-corrected chi connectivity index (χ4v) is 0.284. The summed E-state index contributed by atoms with van der Waals surface area (Å²) in [4.78, 5) is 0. The summed E-state index contributed by atoms with van der Waals surface area (Å²) in [6.45, 7) is -0.101. The van der Waals surface area contributed by atoms with E-state index in [-0.39, 0.29) is 6.61 Å². The molecule has 0 aliphatic rings. The number of nitrogens with zero attached hydrogens (tertiary/aromatic N) is 1. The van der Waals surface area contributed by atoms with Crippen molar-refractivity contribution in [3.8, 4) is 0 Å². The Morgan fingerprint density at radius 2 is 2.86 bits per heavy atom. The van der Waals surface area contributed by atoms with Gasteiger partial charge in [0.05, 0.1) is 0 Å². The minimum Gasteiger partial charge on any atom is -0.388 e. The van der Waals surface area contributed by atoms with Crippen molar-refractivity contribution >= 4 is 0 Å². The van der Waals surface area contributed by atoms with Crippen LogP contribution in [0.3, 0.4) is 0 Å². The summed E-state index contributed by atoms with van der Waals surface area (Å²) in [5, 5.41) is 11.5. The summed E-state index contributed by atoms with van der Waals surface area (Å²) in [6.07, 6.45) is 2.40. The molecule has 0 saturated carbocycles. The maximum atomic E-state index is 8.27. The van der Waals surface area contributed by atoms with Gasteiger partial charge in [-0.3, -0.25) is 0 Å². The van der Waals surface area contributed by atoms with Gasteiger partial charge in [-0.1, -0.05) is 5.16 Å². The Morgan fingerprint density at radius 3 is 3.14 bits per heavy atom. The van der Waals surface area contributed by atoms with Crippen molar-refractivity contribution < 1.29 is 9.63 Å². The number of hydrogen-bond acceptors (Lipinski definition) is 3. The van der Waals surface area contributed by atoms with Crippen LogP contribution in [0, 0.1) is 6.20 Å². The van der Waals surface area contributed by atoms with Gasteiger partial charge in [0.25, 0.3) is 0 Å². The normalized spacial score (nSPS) is 9.29. The van der Waals surface area contributed by atoms with Gasteiger partial charge in [0.15, 0.2) is 5.76 Å². The number of hydrogen-bond donors (Lipinski definition) is 1. The van der Waals surface area contributed by atoms with Gasteiger partial charge in [0.2, 0.25) is 0 Å². The van der Waals surface area contributed by atoms with Crippen molar-refractivity contribution in [2.24, 2.45) is 0 Å². The van der Waals surface area contributed by atoms with E-state index in [0.717, 1.165) is 0 Å². The maximum absolute atomic E-state index is 8.27. The first-order chi connectivity index (χ1) is 3.43. The summed E-state index contributed by atoms with van der Waals surface area (Å²) < 4.78 is 4.43. The quantitative estimate of drug-likeness (QED) is 0.536. The van der Waals surface area contributed by atoms with Gasteiger partial charge in [-0.05, 0) is 0 Å². The predicted molar refractivity (Wildman–Crippen MR) is 21.3 cm³/mol. The second-order valence-electron chi connectivity index (χ2n) is 1.08. The zero-order valence-electron chi connectivity index (χ0n) is 3.59. The van der Waals surface area contributed by atoms with E-state index in [1.807, 2.05) is 0 Å². The molecule has 1 radical (unpaired) electrons. The third-order valence-electron chi connectivity index (χ3n) is 0.597. The van der Waals surface area contributed by atoms with Crippen molar-refractivity contribution in [3.05, 3.63) is 18.0 Å². The Morgan fingerprint density at radius 1 is 2.00 bits per heavy atom. The Bertz CT molecular complexity index is 124. The van der Waals surface area contributed by atoms with E-state index >= 15 is 0 Å². The van der Waals surface area contributed by atoms with Crippen LogP contribution in [0.25, 0.3) is 0 Å². The largest absolute Gasteiger partial charge is 0.388 e. The summed E-state index contributed by atoms with van der Waals surface area (Å²) in [7, 11) is 0. The Kier molecular flexibility index (Phi) is 1.08. The Balaban J connectivity index is 2.76. The molecule has 0 bridgehead atoms. The Labute approximate surface area is 40.6 Å². The first kappa shape index (κ1) is 4.33. The van der Waals surface area contributed by atoms with E-state index in [2.05, 4.69) is 15.9 Å². The van der Waals surface area contributed by atoms with Gasteiger partial charge in [-0.25, -0.2) is 0 Å². The van der Waals surface area contributed by atoms with Crippen LogP contribution in [0.4, 0.5) is 0 Å².